The summed E-state index contributed by atoms with van der Waals surface area (Å²) in [7, 11) is -9.90. The Morgan fingerprint density at radius 2 is 0.500 bits per heavy atom. The second-order valence-electron chi connectivity index (χ2n) is 27.3. The van der Waals surface area contributed by atoms with Gasteiger partial charge in [-0.2, -0.15) is 0 Å². The summed E-state index contributed by atoms with van der Waals surface area (Å²) in [6.45, 7) is 9.53. The second kappa shape index (κ2) is 65.0. The molecule has 0 spiro atoms. The maximum absolute atomic E-state index is 13.0. The molecule has 0 aliphatic carbocycles. The number of esters is 4. The second-order valence-corrected chi connectivity index (χ2v) is 30.2. The molecule has 0 radical (unpaired) electrons. The number of hydrogen-bond donors (Lipinski definition) is 3. The number of hydrogen-bond acceptors (Lipinski definition) is 15. The molecule has 546 valence electrons. The fourth-order valence-electron chi connectivity index (χ4n) is 11.1. The van der Waals surface area contributed by atoms with Gasteiger partial charge in [-0.3, -0.25) is 37.3 Å². The van der Waals surface area contributed by atoms with Crippen molar-refractivity contribution in [2.24, 2.45) is 11.8 Å². The van der Waals surface area contributed by atoms with Crippen LogP contribution in [0.5, 0.6) is 0 Å². The van der Waals surface area contributed by atoms with Crippen LogP contribution in [0.2, 0.25) is 0 Å². The summed E-state index contributed by atoms with van der Waals surface area (Å²) in [4.78, 5) is 72.4. The number of carbonyl (C=O) groups is 4. The van der Waals surface area contributed by atoms with Crippen molar-refractivity contribution in [2.75, 3.05) is 39.6 Å². The van der Waals surface area contributed by atoms with E-state index in [0.717, 1.165) is 108 Å². The van der Waals surface area contributed by atoms with Gasteiger partial charge in [-0.1, -0.05) is 324 Å². The summed E-state index contributed by atoms with van der Waals surface area (Å²) in [5, 5.41) is 10.6. The first-order chi connectivity index (χ1) is 44.4. The topological polar surface area (TPSA) is 237 Å². The predicted octanol–water partition coefficient (Wildman–Crippen LogP) is 21.2. The summed E-state index contributed by atoms with van der Waals surface area (Å²) in [6.07, 6.45) is 51.6. The molecule has 17 nitrogen and oxygen atoms in total. The molecule has 2 unspecified atom stereocenters. The monoisotopic (exact) mass is 1350 g/mol. The number of rotatable bonds is 72. The van der Waals surface area contributed by atoms with Crippen LogP contribution in [0.3, 0.4) is 0 Å². The van der Waals surface area contributed by atoms with Gasteiger partial charge in [0.05, 0.1) is 26.4 Å². The van der Waals surface area contributed by atoms with E-state index < -0.39 is 97.5 Å². The van der Waals surface area contributed by atoms with Crippen molar-refractivity contribution in [3.05, 3.63) is 0 Å². The van der Waals surface area contributed by atoms with Crippen LogP contribution in [0.1, 0.15) is 375 Å². The Balaban J connectivity index is 5.15. The molecule has 3 N–H and O–H groups in total. The Bertz CT molecular complexity index is 1790. The van der Waals surface area contributed by atoms with Crippen molar-refractivity contribution < 1.29 is 80.2 Å². The average molecular weight is 1350 g/mol. The number of carbonyl (C=O) groups excluding carboxylic acids is 4. The zero-order chi connectivity index (χ0) is 67.9. The van der Waals surface area contributed by atoms with Crippen molar-refractivity contribution in [1.82, 2.24) is 0 Å². The molecule has 92 heavy (non-hydrogen) atoms. The minimum atomic E-state index is -4.95. The lowest BCUT2D eigenvalue weighted by Crippen LogP contribution is -2.30. The Kier molecular flexibility index (Phi) is 63.7. The lowest BCUT2D eigenvalue weighted by Gasteiger charge is -2.21. The first kappa shape index (κ1) is 90.1. The van der Waals surface area contributed by atoms with Gasteiger partial charge < -0.3 is 33.8 Å². The maximum Gasteiger partial charge on any atom is 0.472 e. The van der Waals surface area contributed by atoms with Crippen LogP contribution in [0.4, 0.5) is 0 Å². The van der Waals surface area contributed by atoms with E-state index in [1.807, 2.05) is 0 Å². The van der Waals surface area contributed by atoms with Gasteiger partial charge in [0, 0.05) is 25.7 Å². The van der Waals surface area contributed by atoms with E-state index in [1.54, 1.807) is 0 Å². The van der Waals surface area contributed by atoms with Gasteiger partial charge in [0.2, 0.25) is 0 Å². The number of ether oxygens (including phenoxy) is 4. The van der Waals surface area contributed by atoms with Crippen molar-refractivity contribution >= 4 is 39.5 Å². The normalized spacial score (nSPS) is 14.1. The first-order valence-electron chi connectivity index (χ1n) is 38.0. The highest BCUT2D eigenvalue weighted by Crippen LogP contribution is 2.45. The molecule has 0 aromatic carbocycles. The summed E-state index contributed by atoms with van der Waals surface area (Å²) in [5.41, 5.74) is 0. The van der Waals surface area contributed by atoms with Crippen LogP contribution >= 0.6 is 15.6 Å². The zero-order valence-corrected chi connectivity index (χ0v) is 61.6. The van der Waals surface area contributed by atoms with Gasteiger partial charge >= 0.3 is 39.5 Å². The van der Waals surface area contributed by atoms with E-state index in [2.05, 4.69) is 41.5 Å². The molecule has 0 aliphatic heterocycles. The largest absolute Gasteiger partial charge is 0.472 e. The molecular formula is C73H142O17P2. The fraction of sp³-hybridized carbons (Fsp3) is 0.945. The average Bonchev–Trinajstić information content (AvgIpc) is 1.87. The van der Waals surface area contributed by atoms with Gasteiger partial charge in [0.1, 0.15) is 19.3 Å². The molecule has 0 aromatic rings. The van der Waals surface area contributed by atoms with Crippen LogP contribution in [0, 0.1) is 11.8 Å². The molecule has 0 aliphatic rings. The first-order valence-corrected chi connectivity index (χ1v) is 41.0. The van der Waals surface area contributed by atoms with Gasteiger partial charge in [0.25, 0.3) is 0 Å². The maximum atomic E-state index is 13.0. The summed E-state index contributed by atoms with van der Waals surface area (Å²) in [5.74, 6) is -0.543. The third-order valence-corrected chi connectivity index (χ3v) is 18.9. The zero-order valence-electron chi connectivity index (χ0n) is 59.9. The van der Waals surface area contributed by atoms with E-state index >= 15 is 0 Å². The third-order valence-electron chi connectivity index (χ3n) is 17.0. The Morgan fingerprint density at radius 1 is 0.293 bits per heavy atom. The molecule has 0 fully saturated rings. The van der Waals surface area contributed by atoms with E-state index in [4.69, 9.17) is 37.0 Å². The summed E-state index contributed by atoms with van der Waals surface area (Å²) >= 11 is 0. The Morgan fingerprint density at radius 3 is 0.739 bits per heavy atom. The SMILES string of the molecule is CCCCCCCCCCCCCCCCC(=O)O[C@H](COC(=O)CCCCCCC)COP(=O)(O)OC[C@H](O)COP(=O)(O)OC[C@@H](COC(=O)CCCCCCCCCCCCCCCC(C)C)OC(=O)CCCCCCCCCCCCCCCCC(C)C. The molecule has 0 saturated carbocycles. The molecule has 0 saturated heterocycles. The van der Waals surface area contributed by atoms with Crippen molar-refractivity contribution in [1.29, 1.82) is 0 Å². The lowest BCUT2D eigenvalue weighted by atomic mass is 10.0. The molecule has 19 heteroatoms. The highest BCUT2D eigenvalue weighted by atomic mass is 31.2. The van der Waals surface area contributed by atoms with Crippen LogP contribution in [0.15, 0.2) is 0 Å². The molecule has 5 atom stereocenters. The quantitative estimate of drug-likeness (QED) is 0.0222. The summed E-state index contributed by atoms with van der Waals surface area (Å²) < 4.78 is 68.2. The number of aliphatic hydroxyl groups excluding tert-OH is 1. The van der Waals surface area contributed by atoms with Gasteiger partial charge in [-0.15, -0.1) is 0 Å². The van der Waals surface area contributed by atoms with Crippen LogP contribution in [0.25, 0.3) is 0 Å². The molecule has 0 rings (SSSR count). The number of phosphoric acid groups is 2. The highest BCUT2D eigenvalue weighted by molar-refractivity contribution is 7.47. The summed E-state index contributed by atoms with van der Waals surface area (Å²) in [6, 6.07) is 0. The van der Waals surface area contributed by atoms with Crippen LogP contribution < -0.4 is 0 Å². The van der Waals surface area contributed by atoms with Gasteiger partial charge in [-0.05, 0) is 37.5 Å². The van der Waals surface area contributed by atoms with Crippen molar-refractivity contribution in [3.63, 3.8) is 0 Å². The number of phosphoric ester groups is 2. The van der Waals surface area contributed by atoms with E-state index in [0.29, 0.717) is 25.7 Å². The number of unbranched alkanes of at least 4 members (excludes halogenated alkanes) is 42. The van der Waals surface area contributed by atoms with Crippen molar-refractivity contribution in [3.8, 4) is 0 Å². The molecule has 0 bridgehead atoms. The van der Waals surface area contributed by atoms with E-state index in [9.17, 15) is 43.2 Å². The van der Waals surface area contributed by atoms with Crippen LogP contribution in [-0.2, 0) is 65.4 Å². The third kappa shape index (κ3) is 66.7. The minimum absolute atomic E-state index is 0.107. The molecule has 0 heterocycles. The minimum Gasteiger partial charge on any atom is -0.462 e. The lowest BCUT2D eigenvalue weighted by molar-refractivity contribution is -0.161. The predicted molar refractivity (Wildman–Crippen MR) is 372 cm³/mol. The Hall–Kier alpha value is -1.94. The Labute approximate surface area is 562 Å². The van der Waals surface area contributed by atoms with Gasteiger partial charge in [0.15, 0.2) is 12.2 Å². The molecule has 0 aromatic heterocycles. The highest BCUT2D eigenvalue weighted by Gasteiger charge is 2.30. The smallest absolute Gasteiger partial charge is 0.462 e. The van der Waals surface area contributed by atoms with Crippen molar-refractivity contribution in [2.45, 2.75) is 394 Å². The van der Waals surface area contributed by atoms with E-state index in [1.165, 1.54) is 186 Å². The van der Waals surface area contributed by atoms with Crippen LogP contribution in [-0.4, -0.2) is 96.7 Å². The molecular weight excluding hydrogens is 1210 g/mol. The van der Waals surface area contributed by atoms with Gasteiger partial charge in [-0.25, -0.2) is 9.13 Å². The number of aliphatic hydroxyl groups is 1. The van der Waals surface area contributed by atoms with E-state index in [-0.39, 0.29) is 25.7 Å². The molecule has 0 amide bonds. The standard InChI is InChI=1S/C73H142O17P2/c1-7-9-11-13-14-15-16-17-23-29-34-39-45-51-57-72(77)89-68(61-83-70(75)55-49-41-12-10-8-2)63-87-91(79,80)85-59-67(74)60-86-92(81,82)88-64-69(62-84-71(76)56-50-44-38-33-28-25-20-22-27-32-37-43-48-54-66(5)6)90-73(78)58-52-46-40-35-30-24-19-18-21-26-31-36-42-47-53-65(3)4/h65-69,74H,7-64H2,1-6H3,(H,79,80)(H,81,82)/t67-,68+,69+/m0/s1. The fourth-order valence-corrected chi connectivity index (χ4v) is 12.7.